The summed E-state index contributed by atoms with van der Waals surface area (Å²) in [6.45, 7) is 1.55. The molecule has 2 aromatic rings. The Kier molecular flexibility index (Phi) is 6.98. The average Bonchev–Trinajstić information content (AvgIpc) is 2.88. The molecule has 3 atom stereocenters. The van der Waals surface area contributed by atoms with E-state index in [4.69, 9.17) is 0 Å². The molecule has 2 aromatic carbocycles. The third-order valence-corrected chi connectivity index (χ3v) is 6.84. The fourth-order valence-electron chi connectivity index (χ4n) is 4.52. The van der Waals surface area contributed by atoms with Gasteiger partial charge in [-0.1, -0.05) is 49.6 Å². The molecule has 0 aromatic heterocycles. The van der Waals surface area contributed by atoms with Crippen LogP contribution >= 0.6 is 0 Å². The van der Waals surface area contributed by atoms with Gasteiger partial charge in [-0.15, -0.1) is 0 Å². The van der Waals surface area contributed by atoms with Gasteiger partial charge in [0.15, 0.2) is 0 Å². The number of hydrogen-bond acceptors (Lipinski definition) is 4. The van der Waals surface area contributed by atoms with Crippen molar-refractivity contribution in [3.8, 4) is 0 Å². The minimum atomic E-state index is -4.48. The summed E-state index contributed by atoms with van der Waals surface area (Å²) >= 11 is 0. The normalized spacial score (nSPS) is 20.3. The molecular formula is C26H28F3N3O3. The van der Waals surface area contributed by atoms with Crippen LogP contribution in [0.2, 0.25) is 0 Å². The van der Waals surface area contributed by atoms with E-state index >= 15 is 0 Å². The van der Waals surface area contributed by atoms with E-state index in [-0.39, 0.29) is 0 Å². The summed E-state index contributed by atoms with van der Waals surface area (Å²) in [5, 5.41) is 12.9. The minimum Gasteiger partial charge on any atom is -0.393 e. The fraction of sp³-hybridized carbons (Fsp3) is 0.423. The Morgan fingerprint density at radius 3 is 2.40 bits per heavy atom. The van der Waals surface area contributed by atoms with Crippen LogP contribution in [0.4, 0.5) is 18.9 Å². The zero-order valence-corrected chi connectivity index (χ0v) is 19.5. The minimum absolute atomic E-state index is 0.296. The number of amides is 2. The highest BCUT2D eigenvalue weighted by Crippen LogP contribution is 2.34. The van der Waals surface area contributed by atoms with Crippen LogP contribution < -0.4 is 10.2 Å². The lowest BCUT2D eigenvalue weighted by molar-refractivity contribution is -0.137. The highest BCUT2D eigenvalue weighted by Gasteiger charge is 2.36. The number of likely N-dealkylation sites (N-methyl/N-ethyl adjacent to an activating group) is 1. The van der Waals surface area contributed by atoms with Gasteiger partial charge >= 0.3 is 6.18 Å². The van der Waals surface area contributed by atoms with Crippen LogP contribution in [0.5, 0.6) is 0 Å². The van der Waals surface area contributed by atoms with Gasteiger partial charge in [0.2, 0.25) is 12.1 Å². The van der Waals surface area contributed by atoms with E-state index < -0.39 is 41.7 Å². The first-order chi connectivity index (χ1) is 16.6. The van der Waals surface area contributed by atoms with Crippen LogP contribution in [-0.4, -0.2) is 41.9 Å². The molecule has 6 nitrogen and oxygen atoms in total. The van der Waals surface area contributed by atoms with Crippen molar-refractivity contribution in [1.82, 2.24) is 5.32 Å². The zero-order valence-electron chi connectivity index (χ0n) is 19.5. The molecule has 1 aliphatic carbocycles. The zero-order chi connectivity index (χ0) is 25.3. The second-order valence-corrected chi connectivity index (χ2v) is 9.26. The second-order valence-electron chi connectivity index (χ2n) is 9.26. The number of nitrogens with zero attached hydrogens (tertiary/aromatic N) is 2. The molecule has 9 heteroatoms. The molecule has 1 saturated carbocycles. The number of nitrogens with one attached hydrogen (secondary N) is 1. The summed E-state index contributed by atoms with van der Waals surface area (Å²) in [6, 6.07) is 11.5. The molecule has 0 saturated heterocycles. The summed E-state index contributed by atoms with van der Waals surface area (Å²) in [7, 11) is 1.56. The molecule has 1 fully saturated rings. The predicted octanol–water partition coefficient (Wildman–Crippen LogP) is 4.15. The summed E-state index contributed by atoms with van der Waals surface area (Å²) in [5.74, 6) is -1.28. The van der Waals surface area contributed by atoms with E-state index in [0.29, 0.717) is 34.9 Å². The predicted molar refractivity (Wildman–Crippen MR) is 126 cm³/mol. The number of alkyl halides is 3. The van der Waals surface area contributed by atoms with E-state index in [1.54, 1.807) is 38.2 Å². The number of benzene rings is 2. The molecule has 1 heterocycles. The van der Waals surface area contributed by atoms with Gasteiger partial charge in [0.05, 0.1) is 29.0 Å². The average molecular weight is 488 g/mol. The lowest BCUT2D eigenvalue weighted by Crippen LogP contribution is -2.49. The highest BCUT2D eigenvalue weighted by molar-refractivity contribution is 6.20. The van der Waals surface area contributed by atoms with Crippen molar-refractivity contribution < 1.29 is 27.9 Å². The maximum Gasteiger partial charge on any atom is 0.416 e. The van der Waals surface area contributed by atoms with Crippen molar-refractivity contribution in [1.29, 1.82) is 0 Å². The number of benzodiazepines with no additional fused rings is 1. The monoisotopic (exact) mass is 487 g/mol. The molecule has 35 heavy (non-hydrogen) atoms. The third-order valence-electron chi connectivity index (χ3n) is 6.84. The molecule has 1 aliphatic heterocycles. The Bertz CT molecular complexity index is 1120. The second kappa shape index (κ2) is 9.81. The molecule has 0 spiro atoms. The van der Waals surface area contributed by atoms with E-state index in [1.807, 2.05) is 0 Å². The maximum absolute atomic E-state index is 13.3. The van der Waals surface area contributed by atoms with E-state index in [9.17, 15) is 27.9 Å². The number of rotatable bonds is 6. The summed E-state index contributed by atoms with van der Waals surface area (Å²) in [4.78, 5) is 32.3. The summed E-state index contributed by atoms with van der Waals surface area (Å²) in [5.41, 5.74) is 0.965. The van der Waals surface area contributed by atoms with Gasteiger partial charge in [-0.2, -0.15) is 13.2 Å². The van der Waals surface area contributed by atoms with Gasteiger partial charge in [-0.25, -0.2) is 4.99 Å². The Balaban J connectivity index is 1.70. The van der Waals surface area contributed by atoms with Gasteiger partial charge in [-0.3, -0.25) is 9.59 Å². The molecule has 0 radical (unpaired) electrons. The van der Waals surface area contributed by atoms with Gasteiger partial charge in [0, 0.05) is 18.2 Å². The van der Waals surface area contributed by atoms with Gasteiger partial charge < -0.3 is 15.3 Å². The SMILES string of the molecule is C[C@H](O)[C@@H](CC1CCC1)C(=O)NC1N=C(c2ccc(C(F)(F)F)cc2)c2ccccc2N(C)C1=O. The van der Waals surface area contributed by atoms with E-state index in [1.165, 1.54) is 17.0 Å². The topological polar surface area (TPSA) is 82.0 Å². The molecule has 1 unspecified atom stereocenters. The maximum atomic E-state index is 13.3. The smallest absolute Gasteiger partial charge is 0.393 e. The Morgan fingerprint density at radius 2 is 1.83 bits per heavy atom. The Labute approximate surface area is 201 Å². The number of hydrogen-bond donors (Lipinski definition) is 2. The Hall–Kier alpha value is -3.20. The van der Waals surface area contributed by atoms with Crippen LogP contribution in [0.25, 0.3) is 0 Å². The van der Waals surface area contributed by atoms with Crippen molar-refractivity contribution >= 4 is 23.2 Å². The van der Waals surface area contributed by atoms with E-state index in [2.05, 4.69) is 10.3 Å². The molecule has 2 aliphatic rings. The number of fused-ring (bicyclic) bond motifs is 1. The lowest BCUT2D eigenvalue weighted by atomic mass is 9.77. The third kappa shape index (κ3) is 5.24. The quantitative estimate of drug-likeness (QED) is 0.642. The van der Waals surface area contributed by atoms with Gasteiger partial charge in [0.1, 0.15) is 0 Å². The molecule has 4 rings (SSSR count). The van der Waals surface area contributed by atoms with Crippen LogP contribution in [0.1, 0.15) is 49.3 Å². The van der Waals surface area contributed by atoms with Crippen LogP contribution in [0, 0.1) is 11.8 Å². The van der Waals surface area contributed by atoms with Crippen molar-refractivity contribution in [2.75, 3.05) is 11.9 Å². The number of aliphatic imine (C=N–C) groups is 1. The molecule has 2 amide bonds. The van der Waals surface area contributed by atoms with Crippen LogP contribution in [0.3, 0.4) is 0 Å². The van der Waals surface area contributed by atoms with E-state index in [0.717, 1.165) is 31.4 Å². The van der Waals surface area contributed by atoms with Crippen molar-refractivity contribution in [2.45, 2.75) is 51.1 Å². The first kappa shape index (κ1) is 24.9. The highest BCUT2D eigenvalue weighted by atomic mass is 19.4. The number of halogens is 3. The molecular weight excluding hydrogens is 459 g/mol. The van der Waals surface area contributed by atoms with Crippen molar-refractivity contribution in [3.63, 3.8) is 0 Å². The molecule has 186 valence electrons. The first-order valence-electron chi connectivity index (χ1n) is 11.7. The summed E-state index contributed by atoms with van der Waals surface area (Å²) < 4.78 is 39.3. The first-order valence-corrected chi connectivity index (χ1v) is 11.7. The van der Waals surface area contributed by atoms with Gasteiger partial charge in [0.25, 0.3) is 5.91 Å². The molecule has 2 N–H and O–H groups in total. The van der Waals surface area contributed by atoms with Gasteiger partial charge in [-0.05, 0) is 37.5 Å². The van der Waals surface area contributed by atoms with Crippen LogP contribution in [0.15, 0.2) is 53.5 Å². The number of carbonyl (C=O) groups is 2. The van der Waals surface area contributed by atoms with Crippen LogP contribution in [-0.2, 0) is 15.8 Å². The number of aliphatic hydroxyl groups excluding tert-OH is 1. The largest absolute Gasteiger partial charge is 0.416 e. The number of aliphatic hydroxyl groups is 1. The van der Waals surface area contributed by atoms with Crippen molar-refractivity contribution in [3.05, 3.63) is 65.2 Å². The lowest BCUT2D eigenvalue weighted by Gasteiger charge is -2.31. The number of para-hydroxylation sites is 1. The molecule has 0 bridgehead atoms. The fourth-order valence-corrected chi connectivity index (χ4v) is 4.52. The Morgan fingerprint density at radius 1 is 1.17 bits per heavy atom. The number of carbonyl (C=O) groups excluding carboxylic acids is 2. The summed E-state index contributed by atoms with van der Waals surface area (Å²) in [6.07, 6.45) is -3.03. The standard InChI is InChI=1S/C26H28F3N3O3/c1-15(33)20(14-16-6-5-7-16)24(34)31-23-25(35)32(2)21-9-4-3-8-19(21)22(30-23)17-10-12-18(13-11-17)26(27,28)29/h3-4,8-13,15-16,20,23,33H,5-7,14H2,1-2H3,(H,31,34)/t15-,20+,23?/m0/s1. The van der Waals surface area contributed by atoms with Crippen molar-refractivity contribution in [2.24, 2.45) is 16.8 Å². The number of anilines is 1.